The van der Waals surface area contributed by atoms with Crippen LogP contribution in [0.15, 0.2) is 42.6 Å². The summed E-state index contributed by atoms with van der Waals surface area (Å²) in [6, 6.07) is 8.13. The maximum atomic E-state index is 12.5. The molecule has 2 rings (SSSR count). The fraction of sp³-hybridized carbons (Fsp3) is 0.214. The zero-order valence-corrected chi connectivity index (χ0v) is 10.8. The molecule has 0 fully saturated rings. The Morgan fingerprint density at radius 2 is 1.80 bits per heavy atom. The summed E-state index contributed by atoms with van der Waals surface area (Å²) < 4.78 is 37.6. The lowest BCUT2D eigenvalue weighted by Gasteiger charge is -2.19. The maximum absolute atomic E-state index is 12.5. The number of nitrogens with zero attached hydrogens (tertiary/aromatic N) is 1. The summed E-state index contributed by atoms with van der Waals surface area (Å²) in [4.78, 5) is 4.15. The minimum absolute atomic E-state index is 0.397. The molecule has 0 aliphatic heterocycles. The van der Waals surface area contributed by atoms with E-state index in [4.69, 9.17) is 5.84 Å². The van der Waals surface area contributed by atoms with Gasteiger partial charge in [0, 0.05) is 11.9 Å². The van der Waals surface area contributed by atoms with Crippen molar-refractivity contribution in [3.05, 3.63) is 65.0 Å². The van der Waals surface area contributed by atoms with Gasteiger partial charge in [0.15, 0.2) is 0 Å². The van der Waals surface area contributed by atoms with Gasteiger partial charge < -0.3 is 0 Å². The lowest BCUT2D eigenvalue weighted by atomic mass is 9.97. The Balaban J connectivity index is 2.36. The number of hydrazine groups is 1. The number of hydrogen-bond acceptors (Lipinski definition) is 3. The van der Waals surface area contributed by atoms with E-state index < -0.39 is 17.8 Å². The van der Waals surface area contributed by atoms with Crippen molar-refractivity contribution < 1.29 is 13.2 Å². The zero-order chi connectivity index (χ0) is 14.8. The molecule has 3 nitrogen and oxygen atoms in total. The van der Waals surface area contributed by atoms with Crippen LogP contribution in [0.2, 0.25) is 0 Å². The third-order valence-electron chi connectivity index (χ3n) is 3.10. The van der Waals surface area contributed by atoms with Gasteiger partial charge in [-0.15, -0.1) is 0 Å². The highest BCUT2D eigenvalue weighted by Crippen LogP contribution is 2.31. The summed E-state index contributed by atoms with van der Waals surface area (Å²) in [6.45, 7) is 1.82. The second kappa shape index (κ2) is 5.60. The van der Waals surface area contributed by atoms with Gasteiger partial charge in [0.25, 0.3) is 0 Å². The van der Waals surface area contributed by atoms with Crippen LogP contribution in [0.25, 0.3) is 0 Å². The van der Waals surface area contributed by atoms with Crippen LogP contribution in [0.5, 0.6) is 0 Å². The first-order chi connectivity index (χ1) is 9.43. The number of nitrogens with two attached hydrogens (primary N) is 1. The van der Waals surface area contributed by atoms with E-state index in [1.165, 1.54) is 12.1 Å². The summed E-state index contributed by atoms with van der Waals surface area (Å²) >= 11 is 0. The average molecular weight is 281 g/mol. The second-order valence-corrected chi connectivity index (χ2v) is 4.40. The van der Waals surface area contributed by atoms with Crippen molar-refractivity contribution in [2.75, 3.05) is 0 Å². The molecule has 1 atom stereocenters. The average Bonchev–Trinajstić information content (AvgIpc) is 2.41. The number of aryl methyl sites for hydroxylation is 1. The quantitative estimate of drug-likeness (QED) is 0.671. The molecule has 1 heterocycles. The molecule has 20 heavy (non-hydrogen) atoms. The number of benzene rings is 1. The van der Waals surface area contributed by atoms with E-state index in [1.807, 2.05) is 13.0 Å². The highest BCUT2D eigenvalue weighted by molar-refractivity contribution is 5.35. The van der Waals surface area contributed by atoms with E-state index in [2.05, 4.69) is 10.4 Å². The number of nitrogens with one attached hydrogen (secondary N) is 1. The number of aromatic nitrogens is 1. The van der Waals surface area contributed by atoms with Crippen molar-refractivity contribution in [1.82, 2.24) is 10.4 Å². The summed E-state index contributed by atoms with van der Waals surface area (Å²) in [7, 11) is 0. The SMILES string of the molecule is Cc1ncccc1C(NN)c1ccc(C(F)(F)F)cc1. The van der Waals surface area contributed by atoms with E-state index >= 15 is 0 Å². The number of halogens is 3. The number of rotatable bonds is 3. The van der Waals surface area contributed by atoms with Gasteiger partial charge in [-0.25, -0.2) is 5.43 Å². The van der Waals surface area contributed by atoms with Crippen LogP contribution in [0.1, 0.15) is 28.4 Å². The molecule has 0 saturated heterocycles. The predicted molar refractivity (Wildman–Crippen MR) is 69.6 cm³/mol. The minimum Gasteiger partial charge on any atom is -0.271 e. The van der Waals surface area contributed by atoms with Gasteiger partial charge >= 0.3 is 6.18 Å². The lowest BCUT2D eigenvalue weighted by Crippen LogP contribution is -2.29. The van der Waals surface area contributed by atoms with Crippen molar-refractivity contribution in [3.63, 3.8) is 0 Å². The van der Waals surface area contributed by atoms with Gasteiger partial charge in [0.05, 0.1) is 11.6 Å². The van der Waals surface area contributed by atoms with Crippen LogP contribution < -0.4 is 11.3 Å². The molecule has 0 spiro atoms. The van der Waals surface area contributed by atoms with Crippen LogP contribution in [0, 0.1) is 6.92 Å². The molecule has 2 aromatic rings. The van der Waals surface area contributed by atoms with Gasteiger partial charge in [0.2, 0.25) is 0 Å². The smallest absolute Gasteiger partial charge is 0.271 e. The Labute approximate surface area is 114 Å². The largest absolute Gasteiger partial charge is 0.416 e. The van der Waals surface area contributed by atoms with Gasteiger partial charge in [-0.05, 0) is 36.2 Å². The molecule has 1 unspecified atom stereocenters. The first-order valence-electron chi connectivity index (χ1n) is 5.98. The molecule has 106 valence electrons. The van der Waals surface area contributed by atoms with Gasteiger partial charge in [-0.3, -0.25) is 10.8 Å². The van der Waals surface area contributed by atoms with E-state index in [0.717, 1.165) is 23.4 Å². The van der Waals surface area contributed by atoms with Crippen molar-refractivity contribution >= 4 is 0 Å². The van der Waals surface area contributed by atoms with Crippen LogP contribution >= 0.6 is 0 Å². The third kappa shape index (κ3) is 2.97. The van der Waals surface area contributed by atoms with E-state index in [0.29, 0.717) is 5.56 Å². The van der Waals surface area contributed by atoms with Gasteiger partial charge in [0.1, 0.15) is 0 Å². The Hall–Kier alpha value is -1.92. The van der Waals surface area contributed by atoms with Crippen molar-refractivity contribution in [2.24, 2.45) is 5.84 Å². The third-order valence-corrected chi connectivity index (χ3v) is 3.10. The Morgan fingerprint density at radius 1 is 1.15 bits per heavy atom. The summed E-state index contributed by atoms with van der Waals surface area (Å²) in [5.41, 5.74) is 4.18. The second-order valence-electron chi connectivity index (χ2n) is 4.40. The highest BCUT2D eigenvalue weighted by atomic mass is 19.4. The monoisotopic (exact) mass is 281 g/mol. The standard InChI is InChI=1S/C14H14F3N3/c1-9-12(3-2-8-19-9)13(20-18)10-4-6-11(7-5-10)14(15,16)17/h2-8,13,20H,18H2,1H3. The molecular formula is C14H14F3N3. The van der Waals surface area contributed by atoms with Crippen LogP contribution in [-0.2, 0) is 6.18 Å². The molecule has 0 aliphatic carbocycles. The number of pyridine rings is 1. The summed E-state index contributed by atoms with van der Waals surface area (Å²) in [6.07, 6.45) is -2.69. The predicted octanol–water partition coefficient (Wildman–Crippen LogP) is 2.96. The van der Waals surface area contributed by atoms with Crippen molar-refractivity contribution in [3.8, 4) is 0 Å². The fourth-order valence-electron chi connectivity index (χ4n) is 2.03. The highest BCUT2D eigenvalue weighted by Gasteiger charge is 2.30. The first kappa shape index (κ1) is 14.5. The van der Waals surface area contributed by atoms with E-state index in [1.54, 1.807) is 12.3 Å². The minimum atomic E-state index is -4.34. The number of alkyl halides is 3. The molecule has 3 N–H and O–H groups in total. The Kier molecular flexibility index (Phi) is 4.06. The topological polar surface area (TPSA) is 50.9 Å². The Bertz CT molecular complexity index is 579. The van der Waals surface area contributed by atoms with Gasteiger partial charge in [-0.2, -0.15) is 13.2 Å². The lowest BCUT2D eigenvalue weighted by molar-refractivity contribution is -0.137. The first-order valence-corrected chi connectivity index (χ1v) is 5.98. The molecule has 0 bridgehead atoms. The number of hydrogen-bond donors (Lipinski definition) is 2. The molecule has 0 aliphatic rings. The van der Waals surface area contributed by atoms with E-state index in [9.17, 15) is 13.2 Å². The zero-order valence-electron chi connectivity index (χ0n) is 10.8. The maximum Gasteiger partial charge on any atom is 0.416 e. The van der Waals surface area contributed by atoms with E-state index in [-0.39, 0.29) is 0 Å². The molecule has 1 aromatic carbocycles. The molecule has 0 radical (unpaired) electrons. The molecule has 0 amide bonds. The fourth-order valence-corrected chi connectivity index (χ4v) is 2.03. The van der Waals surface area contributed by atoms with Crippen LogP contribution in [0.3, 0.4) is 0 Å². The molecule has 0 saturated carbocycles. The normalized spacial score (nSPS) is 13.2. The Morgan fingerprint density at radius 3 is 2.30 bits per heavy atom. The van der Waals surface area contributed by atoms with Crippen molar-refractivity contribution in [1.29, 1.82) is 0 Å². The van der Waals surface area contributed by atoms with Crippen molar-refractivity contribution in [2.45, 2.75) is 19.1 Å². The van der Waals surface area contributed by atoms with Crippen LogP contribution in [-0.4, -0.2) is 4.98 Å². The molecular weight excluding hydrogens is 267 g/mol. The van der Waals surface area contributed by atoms with Gasteiger partial charge in [-0.1, -0.05) is 18.2 Å². The van der Waals surface area contributed by atoms with Crippen LogP contribution in [0.4, 0.5) is 13.2 Å². The summed E-state index contributed by atoms with van der Waals surface area (Å²) in [5.74, 6) is 5.53. The molecule has 1 aromatic heterocycles. The summed E-state index contributed by atoms with van der Waals surface area (Å²) in [5, 5.41) is 0. The molecule has 6 heteroatoms.